The fraction of sp³-hybridized carbons (Fsp3) is 1.00. The van der Waals surface area contributed by atoms with Crippen molar-refractivity contribution in [1.29, 1.82) is 0 Å². The lowest BCUT2D eigenvalue weighted by Crippen LogP contribution is -2.54. The van der Waals surface area contributed by atoms with Gasteiger partial charge in [0.2, 0.25) is 0 Å². The average molecular weight is 259 g/mol. The van der Waals surface area contributed by atoms with Gasteiger partial charge in [0.1, 0.15) is 0 Å². The Labute approximate surface area is 111 Å². The first-order valence-electron chi connectivity index (χ1n) is 7.00. The molecule has 1 saturated carbocycles. The third-order valence-electron chi connectivity index (χ3n) is 3.73. The van der Waals surface area contributed by atoms with Gasteiger partial charge in [0.15, 0.2) is 0 Å². The Morgan fingerprint density at radius 2 is 2.06 bits per heavy atom. The van der Waals surface area contributed by atoms with Gasteiger partial charge in [-0.3, -0.25) is 0 Å². The molecule has 1 aliphatic carbocycles. The number of hydrogen-bond donors (Lipinski definition) is 2. The van der Waals surface area contributed by atoms with E-state index in [9.17, 15) is 5.11 Å². The maximum absolute atomic E-state index is 9.78. The summed E-state index contributed by atoms with van der Waals surface area (Å²) in [5.41, 5.74) is 0.00566. The second-order valence-corrected chi connectivity index (χ2v) is 7.60. The predicted molar refractivity (Wildman–Crippen MR) is 77.6 cm³/mol. The SMILES string of the molecule is CC(C)NC1(CO)CCCC1CCSC(C)C. The Bertz CT molecular complexity index is 220. The first-order chi connectivity index (χ1) is 8.00. The molecule has 0 aromatic rings. The highest BCUT2D eigenvalue weighted by Crippen LogP contribution is 2.38. The fourth-order valence-corrected chi connectivity index (χ4v) is 3.92. The van der Waals surface area contributed by atoms with Crippen LogP contribution in [-0.2, 0) is 0 Å². The van der Waals surface area contributed by atoms with Crippen molar-refractivity contribution in [3.05, 3.63) is 0 Å². The van der Waals surface area contributed by atoms with Gasteiger partial charge >= 0.3 is 0 Å². The van der Waals surface area contributed by atoms with Crippen LogP contribution in [0.5, 0.6) is 0 Å². The number of thioether (sulfide) groups is 1. The molecule has 1 rings (SSSR count). The summed E-state index contributed by atoms with van der Waals surface area (Å²) in [4.78, 5) is 0. The molecule has 3 heteroatoms. The van der Waals surface area contributed by atoms with Crippen LogP contribution in [0, 0.1) is 5.92 Å². The Morgan fingerprint density at radius 1 is 1.35 bits per heavy atom. The number of rotatable bonds is 7. The Balaban J connectivity index is 2.50. The van der Waals surface area contributed by atoms with E-state index in [0.717, 1.165) is 11.7 Å². The van der Waals surface area contributed by atoms with Crippen molar-refractivity contribution in [1.82, 2.24) is 5.32 Å². The molecule has 0 aliphatic heterocycles. The molecule has 0 radical (unpaired) electrons. The van der Waals surface area contributed by atoms with Crippen molar-refractivity contribution < 1.29 is 5.11 Å². The predicted octanol–water partition coefficient (Wildman–Crippen LogP) is 3.05. The molecule has 1 fully saturated rings. The van der Waals surface area contributed by atoms with Crippen LogP contribution in [0.3, 0.4) is 0 Å². The van der Waals surface area contributed by atoms with Crippen molar-refractivity contribution in [2.45, 2.75) is 70.2 Å². The van der Waals surface area contributed by atoms with E-state index in [4.69, 9.17) is 0 Å². The van der Waals surface area contributed by atoms with Crippen LogP contribution < -0.4 is 5.32 Å². The highest BCUT2D eigenvalue weighted by Gasteiger charge is 2.41. The van der Waals surface area contributed by atoms with Gasteiger partial charge in [0, 0.05) is 11.6 Å². The van der Waals surface area contributed by atoms with Crippen LogP contribution in [0.4, 0.5) is 0 Å². The molecule has 0 heterocycles. The number of aliphatic hydroxyl groups excluding tert-OH is 1. The topological polar surface area (TPSA) is 32.3 Å². The zero-order valence-corrected chi connectivity index (χ0v) is 12.6. The van der Waals surface area contributed by atoms with E-state index in [-0.39, 0.29) is 5.54 Å². The Kier molecular flexibility index (Phi) is 6.32. The number of aliphatic hydroxyl groups is 1. The van der Waals surface area contributed by atoms with Gasteiger partial charge in [-0.2, -0.15) is 11.8 Å². The molecule has 2 nitrogen and oxygen atoms in total. The maximum Gasteiger partial charge on any atom is 0.0616 e. The lowest BCUT2D eigenvalue weighted by molar-refractivity contribution is 0.113. The summed E-state index contributed by atoms with van der Waals surface area (Å²) in [5.74, 6) is 1.88. The average Bonchev–Trinajstić information content (AvgIpc) is 2.61. The van der Waals surface area contributed by atoms with Crippen LogP contribution in [0.1, 0.15) is 53.4 Å². The Hall–Kier alpha value is 0.270. The summed E-state index contributed by atoms with van der Waals surface area (Å²) < 4.78 is 0. The van der Waals surface area contributed by atoms with Crippen molar-refractivity contribution >= 4 is 11.8 Å². The number of nitrogens with one attached hydrogen (secondary N) is 1. The third kappa shape index (κ3) is 4.46. The third-order valence-corrected chi connectivity index (χ3v) is 4.87. The van der Waals surface area contributed by atoms with Crippen molar-refractivity contribution in [3.8, 4) is 0 Å². The monoisotopic (exact) mass is 259 g/mol. The zero-order valence-electron chi connectivity index (χ0n) is 11.8. The van der Waals surface area contributed by atoms with Gasteiger partial charge in [-0.15, -0.1) is 0 Å². The van der Waals surface area contributed by atoms with Gasteiger partial charge in [0.05, 0.1) is 6.61 Å². The van der Waals surface area contributed by atoms with E-state index in [1.807, 2.05) is 11.8 Å². The second-order valence-electron chi connectivity index (χ2n) is 5.91. The van der Waals surface area contributed by atoms with E-state index in [1.165, 1.54) is 25.0 Å². The van der Waals surface area contributed by atoms with Crippen LogP contribution in [0.2, 0.25) is 0 Å². The first-order valence-corrected chi connectivity index (χ1v) is 8.05. The highest BCUT2D eigenvalue weighted by atomic mass is 32.2. The van der Waals surface area contributed by atoms with Crippen molar-refractivity contribution in [2.75, 3.05) is 12.4 Å². The van der Waals surface area contributed by atoms with E-state index in [2.05, 4.69) is 33.0 Å². The second kappa shape index (κ2) is 7.01. The van der Waals surface area contributed by atoms with Gasteiger partial charge in [-0.05, 0) is 36.2 Å². The minimum atomic E-state index is 0.00566. The molecule has 0 aromatic carbocycles. The molecule has 1 aliphatic rings. The van der Waals surface area contributed by atoms with Gasteiger partial charge in [-0.25, -0.2) is 0 Å². The van der Waals surface area contributed by atoms with Crippen LogP contribution in [0.15, 0.2) is 0 Å². The molecule has 17 heavy (non-hydrogen) atoms. The van der Waals surface area contributed by atoms with E-state index in [0.29, 0.717) is 18.6 Å². The van der Waals surface area contributed by atoms with Crippen LogP contribution in [0.25, 0.3) is 0 Å². The molecule has 0 amide bonds. The van der Waals surface area contributed by atoms with E-state index in [1.54, 1.807) is 0 Å². The largest absolute Gasteiger partial charge is 0.394 e. The lowest BCUT2D eigenvalue weighted by Gasteiger charge is -2.37. The van der Waals surface area contributed by atoms with Crippen LogP contribution >= 0.6 is 11.8 Å². The van der Waals surface area contributed by atoms with E-state index < -0.39 is 0 Å². The van der Waals surface area contributed by atoms with Gasteiger partial charge in [-0.1, -0.05) is 34.1 Å². The molecule has 0 aromatic heterocycles. The maximum atomic E-state index is 9.78. The lowest BCUT2D eigenvalue weighted by atomic mass is 9.85. The molecular weight excluding hydrogens is 230 g/mol. The molecule has 2 atom stereocenters. The van der Waals surface area contributed by atoms with Crippen LogP contribution in [-0.4, -0.2) is 34.3 Å². The molecule has 2 unspecified atom stereocenters. The zero-order chi connectivity index (χ0) is 12.9. The first kappa shape index (κ1) is 15.3. The van der Waals surface area contributed by atoms with Crippen molar-refractivity contribution in [3.63, 3.8) is 0 Å². The molecule has 102 valence electrons. The normalized spacial score (nSPS) is 29.5. The molecule has 2 N–H and O–H groups in total. The summed E-state index contributed by atoms with van der Waals surface area (Å²) in [6.07, 6.45) is 4.91. The quantitative estimate of drug-likeness (QED) is 0.737. The summed E-state index contributed by atoms with van der Waals surface area (Å²) >= 11 is 2.04. The van der Waals surface area contributed by atoms with Crippen molar-refractivity contribution in [2.24, 2.45) is 5.92 Å². The summed E-state index contributed by atoms with van der Waals surface area (Å²) in [5, 5.41) is 14.1. The number of hydrogen-bond acceptors (Lipinski definition) is 3. The Morgan fingerprint density at radius 3 is 2.59 bits per heavy atom. The summed E-state index contributed by atoms with van der Waals surface area (Å²) in [7, 11) is 0. The molecule has 0 saturated heterocycles. The summed E-state index contributed by atoms with van der Waals surface area (Å²) in [6.45, 7) is 9.16. The van der Waals surface area contributed by atoms with Gasteiger partial charge in [0.25, 0.3) is 0 Å². The summed E-state index contributed by atoms with van der Waals surface area (Å²) in [6, 6.07) is 0.459. The standard InChI is InChI=1S/C14H29NOS/c1-11(2)15-14(10-16)8-5-6-13(14)7-9-17-12(3)4/h11-13,15-16H,5-10H2,1-4H3. The molecular formula is C14H29NOS. The fourth-order valence-electron chi connectivity index (χ4n) is 3.03. The molecule has 0 bridgehead atoms. The smallest absolute Gasteiger partial charge is 0.0616 e. The highest BCUT2D eigenvalue weighted by molar-refractivity contribution is 7.99. The minimum absolute atomic E-state index is 0.00566. The molecule has 0 spiro atoms. The van der Waals surface area contributed by atoms with Gasteiger partial charge < -0.3 is 10.4 Å². The minimum Gasteiger partial charge on any atom is -0.394 e. The van der Waals surface area contributed by atoms with E-state index >= 15 is 0 Å².